The maximum Gasteiger partial charge on any atom is 0.218 e. The van der Waals surface area contributed by atoms with Crippen molar-refractivity contribution in [2.24, 2.45) is 5.73 Å². The molecule has 1 aromatic carbocycles. The molecule has 3 nitrogen and oxygen atoms in total. The van der Waals surface area contributed by atoms with Gasteiger partial charge < -0.3 is 10.5 Å². The fraction of sp³-hybridized carbons (Fsp3) is 0.267. The summed E-state index contributed by atoms with van der Waals surface area (Å²) in [4.78, 5) is 4.26. The van der Waals surface area contributed by atoms with Crippen molar-refractivity contribution in [3.05, 3.63) is 59.8 Å². The fourth-order valence-corrected chi connectivity index (χ4v) is 1.81. The van der Waals surface area contributed by atoms with Crippen LogP contribution in [0, 0.1) is 0 Å². The van der Waals surface area contributed by atoms with Crippen LogP contribution >= 0.6 is 0 Å². The molecule has 2 N–H and O–H groups in total. The summed E-state index contributed by atoms with van der Waals surface area (Å²) in [6.45, 7) is 3.94. The molecule has 2 rings (SSSR count). The van der Waals surface area contributed by atoms with E-state index in [0.717, 1.165) is 11.1 Å². The first-order valence-electron chi connectivity index (χ1n) is 6.10. The predicted molar refractivity (Wildman–Crippen MR) is 72.3 cm³/mol. The SMILES string of the molecule is CC(N)c1cccnc1OC(C)c1ccccc1. The van der Waals surface area contributed by atoms with Gasteiger partial charge in [0.05, 0.1) is 0 Å². The van der Waals surface area contributed by atoms with E-state index in [1.807, 2.05) is 56.3 Å². The second kappa shape index (κ2) is 5.65. The van der Waals surface area contributed by atoms with Crippen LogP contribution in [0.3, 0.4) is 0 Å². The lowest BCUT2D eigenvalue weighted by atomic mass is 10.1. The number of rotatable bonds is 4. The highest BCUT2D eigenvalue weighted by Crippen LogP contribution is 2.25. The van der Waals surface area contributed by atoms with Gasteiger partial charge in [0.1, 0.15) is 6.10 Å². The Balaban J connectivity index is 2.19. The van der Waals surface area contributed by atoms with Gasteiger partial charge in [-0.15, -0.1) is 0 Å². The van der Waals surface area contributed by atoms with Gasteiger partial charge in [-0.05, 0) is 25.5 Å². The summed E-state index contributed by atoms with van der Waals surface area (Å²) in [5.74, 6) is 0.615. The molecule has 3 heteroatoms. The first-order chi connectivity index (χ1) is 8.68. The number of aromatic nitrogens is 1. The zero-order valence-corrected chi connectivity index (χ0v) is 10.7. The molecular formula is C15H18N2O. The average Bonchev–Trinajstić information content (AvgIpc) is 2.40. The maximum atomic E-state index is 5.91. The molecule has 0 amide bonds. The smallest absolute Gasteiger partial charge is 0.218 e. The Kier molecular flexibility index (Phi) is 3.95. The third-order valence-electron chi connectivity index (χ3n) is 2.85. The molecule has 0 aliphatic heterocycles. The van der Waals surface area contributed by atoms with Crippen LogP contribution < -0.4 is 10.5 Å². The van der Waals surface area contributed by atoms with Gasteiger partial charge in [-0.2, -0.15) is 0 Å². The van der Waals surface area contributed by atoms with Crippen LogP contribution in [0.4, 0.5) is 0 Å². The molecule has 2 atom stereocenters. The van der Waals surface area contributed by atoms with Crippen molar-refractivity contribution in [2.75, 3.05) is 0 Å². The molecule has 1 heterocycles. The molecule has 0 saturated heterocycles. The number of ether oxygens (including phenoxy) is 1. The Labute approximate surface area is 108 Å². The lowest BCUT2D eigenvalue weighted by molar-refractivity contribution is 0.214. The number of pyridine rings is 1. The van der Waals surface area contributed by atoms with Crippen LogP contribution in [0.25, 0.3) is 0 Å². The highest BCUT2D eigenvalue weighted by atomic mass is 16.5. The third kappa shape index (κ3) is 2.87. The van der Waals surface area contributed by atoms with Crippen molar-refractivity contribution in [2.45, 2.75) is 26.0 Å². The molecule has 0 bridgehead atoms. The van der Waals surface area contributed by atoms with Crippen LogP contribution in [0.2, 0.25) is 0 Å². The van der Waals surface area contributed by atoms with Crippen LogP contribution in [-0.2, 0) is 0 Å². The van der Waals surface area contributed by atoms with Crippen molar-refractivity contribution < 1.29 is 4.74 Å². The van der Waals surface area contributed by atoms with E-state index in [1.54, 1.807) is 6.20 Å². The number of hydrogen-bond acceptors (Lipinski definition) is 3. The Morgan fingerprint density at radius 3 is 2.44 bits per heavy atom. The highest BCUT2D eigenvalue weighted by Gasteiger charge is 2.13. The van der Waals surface area contributed by atoms with Gasteiger partial charge in [-0.25, -0.2) is 4.98 Å². The van der Waals surface area contributed by atoms with Gasteiger partial charge in [-0.3, -0.25) is 0 Å². The summed E-state index contributed by atoms with van der Waals surface area (Å²) in [6.07, 6.45) is 1.68. The minimum atomic E-state index is -0.0864. The van der Waals surface area contributed by atoms with E-state index >= 15 is 0 Å². The fourth-order valence-electron chi connectivity index (χ4n) is 1.81. The number of nitrogens with zero attached hydrogens (tertiary/aromatic N) is 1. The Hall–Kier alpha value is -1.87. The monoisotopic (exact) mass is 242 g/mol. The van der Waals surface area contributed by atoms with Crippen LogP contribution in [0.5, 0.6) is 5.88 Å². The van der Waals surface area contributed by atoms with Gasteiger partial charge in [0.15, 0.2) is 0 Å². The maximum absolute atomic E-state index is 5.91. The van der Waals surface area contributed by atoms with Gasteiger partial charge in [0.2, 0.25) is 5.88 Å². The second-order valence-corrected chi connectivity index (χ2v) is 4.36. The second-order valence-electron chi connectivity index (χ2n) is 4.36. The van der Waals surface area contributed by atoms with Gasteiger partial charge in [0, 0.05) is 17.8 Å². The molecule has 0 aliphatic rings. The topological polar surface area (TPSA) is 48.1 Å². The molecule has 0 aliphatic carbocycles. The van der Waals surface area contributed by atoms with Crippen molar-refractivity contribution in [3.8, 4) is 5.88 Å². The van der Waals surface area contributed by atoms with E-state index in [0.29, 0.717) is 5.88 Å². The van der Waals surface area contributed by atoms with Gasteiger partial charge >= 0.3 is 0 Å². The molecule has 0 spiro atoms. The van der Waals surface area contributed by atoms with Crippen molar-refractivity contribution in [3.63, 3.8) is 0 Å². The normalized spacial score (nSPS) is 13.9. The third-order valence-corrected chi connectivity index (χ3v) is 2.85. The van der Waals surface area contributed by atoms with Crippen molar-refractivity contribution in [1.29, 1.82) is 0 Å². The lowest BCUT2D eigenvalue weighted by Gasteiger charge is -2.17. The molecule has 1 aromatic heterocycles. The van der Waals surface area contributed by atoms with E-state index in [2.05, 4.69) is 4.98 Å². The number of benzene rings is 1. The zero-order valence-electron chi connectivity index (χ0n) is 10.7. The van der Waals surface area contributed by atoms with E-state index in [9.17, 15) is 0 Å². The van der Waals surface area contributed by atoms with E-state index < -0.39 is 0 Å². The van der Waals surface area contributed by atoms with Crippen molar-refractivity contribution in [1.82, 2.24) is 4.98 Å². The minimum Gasteiger partial charge on any atom is -0.470 e. The van der Waals surface area contributed by atoms with E-state index in [1.165, 1.54) is 0 Å². The minimum absolute atomic E-state index is 0.0430. The summed E-state index contributed by atoms with van der Waals surface area (Å²) < 4.78 is 5.90. The Morgan fingerprint density at radius 1 is 1.06 bits per heavy atom. The quantitative estimate of drug-likeness (QED) is 0.895. The first-order valence-corrected chi connectivity index (χ1v) is 6.10. The van der Waals surface area contributed by atoms with Gasteiger partial charge in [0.25, 0.3) is 0 Å². The number of hydrogen-bond donors (Lipinski definition) is 1. The Morgan fingerprint density at radius 2 is 1.78 bits per heavy atom. The summed E-state index contributed by atoms with van der Waals surface area (Å²) in [5.41, 5.74) is 7.96. The molecule has 2 aromatic rings. The molecule has 0 saturated carbocycles. The highest BCUT2D eigenvalue weighted by molar-refractivity contribution is 5.29. The standard InChI is InChI=1S/C15H18N2O/c1-11(16)14-9-6-10-17-15(14)18-12(2)13-7-4-3-5-8-13/h3-12H,16H2,1-2H3. The molecule has 0 fully saturated rings. The van der Waals surface area contributed by atoms with E-state index in [-0.39, 0.29) is 12.1 Å². The lowest BCUT2D eigenvalue weighted by Crippen LogP contribution is -2.11. The largest absolute Gasteiger partial charge is 0.470 e. The summed E-state index contributed by atoms with van der Waals surface area (Å²) in [6, 6.07) is 13.8. The van der Waals surface area contributed by atoms with E-state index in [4.69, 9.17) is 10.5 Å². The Bertz CT molecular complexity index is 497. The van der Waals surface area contributed by atoms with Crippen LogP contribution in [-0.4, -0.2) is 4.98 Å². The number of nitrogens with two attached hydrogens (primary N) is 1. The zero-order chi connectivity index (χ0) is 13.0. The molecular weight excluding hydrogens is 224 g/mol. The summed E-state index contributed by atoms with van der Waals surface area (Å²) in [5, 5.41) is 0. The summed E-state index contributed by atoms with van der Waals surface area (Å²) in [7, 11) is 0. The van der Waals surface area contributed by atoms with Crippen LogP contribution in [0.1, 0.15) is 37.1 Å². The van der Waals surface area contributed by atoms with Crippen molar-refractivity contribution >= 4 is 0 Å². The molecule has 2 unspecified atom stereocenters. The average molecular weight is 242 g/mol. The predicted octanol–water partition coefficient (Wildman–Crippen LogP) is 3.24. The molecule has 94 valence electrons. The molecule has 18 heavy (non-hydrogen) atoms. The molecule has 0 radical (unpaired) electrons. The van der Waals surface area contributed by atoms with Gasteiger partial charge in [-0.1, -0.05) is 36.4 Å². The van der Waals surface area contributed by atoms with Crippen LogP contribution in [0.15, 0.2) is 48.7 Å². The summed E-state index contributed by atoms with van der Waals surface area (Å²) >= 11 is 0. The first kappa shape index (κ1) is 12.6.